The first kappa shape index (κ1) is 10.2. The quantitative estimate of drug-likeness (QED) is 0.626. The topological polar surface area (TPSA) is 0 Å². The summed E-state index contributed by atoms with van der Waals surface area (Å²) in [6.45, 7) is 6.60. The highest BCUT2D eigenvalue weighted by Gasteiger charge is 2.08. The fourth-order valence-corrected chi connectivity index (χ4v) is 2.12. The van der Waals surface area contributed by atoms with E-state index in [-0.39, 0.29) is 0 Å². The molecular weight excluding hydrogens is 180 g/mol. The fraction of sp³-hybridized carbons (Fsp3) is 0.333. The van der Waals surface area contributed by atoms with E-state index < -0.39 is 0 Å². The number of rotatable bonds is 1. The number of hydrogen-bond donors (Lipinski definition) is 0. The van der Waals surface area contributed by atoms with Gasteiger partial charge in [0.1, 0.15) is 0 Å². The monoisotopic (exact) mass is 198 g/mol. The lowest BCUT2D eigenvalue weighted by molar-refractivity contribution is 0.966. The van der Waals surface area contributed by atoms with Crippen molar-refractivity contribution >= 4 is 5.57 Å². The Morgan fingerprint density at radius 2 is 1.87 bits per heavy atom. The Kier molecular flexibility index (Phi) is 2.77. The van der Waals surface area contributed by atoms with Crippen molar-refractivity contribution in [2.75, 3.05) is 0 Å². The lowest BCUT2D eigenvalue weighted by Gasteiger charge is -2.15. The molecule has 0 nitrogen and oxygen atoms in total. The average molecular weight is 198 g/mol. The summed E-state index contributed by atoms with van der Waals surface area (Å²) < 4.78 is 0. The van der Waals surface area contributed by atoms with Gasteiger partial charge in [-0.25, -0.2) is 0 Å². The van der Waals surface area contributed by atoms with Crippen LogP contribution in [0.2, 0.25) is 0 Å². The van der Waals surface area contributed by atoms with Crippen LogP contribution >= 0.6 is 0 Å². The minimum absolute atomic E-state index is 1.19. The molecule has 0 saturated heterocycles. The number of benzene rings is 1. The molecule has 0 saturated carbocycles. The van der Waals surface area contributed by atoms with Crippen molar-refractivity contribution in [2.45, 2.75) is 33.6 Å². The summed E-state index contributed by atoms with van der Waals surface area (Å²) in [4.78, 5) is 0. The third-order valence-electron chi connectivity index (χ3n) is 3.11. The highest BCUT2D eigenvalue weighted by Crippen LogP contribution is 2.29. The van der Waals surface area contributed by atoms with Gasteiger partial charge in [0.05, 0.1) is 0 Å². The lowest BCUT2D eigenvalue weighted by atomic mass is 9.90. The van der Waals surface area contributed by atoms with Gasteiger partial charge in [-0.15, -0.1) is 0 Å². The summed E-state index contributed by atoms with van der Waals surface area (Å²) in [5.74, 6) is 0. The minimum atomic E-state index is 1.19. The van der Waals surface area contributed by atoms with E-state index in [0.29, 0.717) is 0 Å². The first-order valence-electron chi connectivity index (χ1n) is 5.62. The summed E-state index contributed by atoms with van der Waals surface area (Å²) in [5.41, 5.74) is 7.08. The highest BCUT2D eigenvalue weighted by atomic mass is 14.1. The van der Waals surface area contributed by atoms with Gasteiger partial charge in [0.15, 0.2) is 0 Å². The predicted molar refractivity (Wildman–Crippen MR) is 66.9 cm³/mol. The van der Waals surface area contributed by atoms with Crippen molar-refractivity contribution in [2.24, 2.45) is 0 Å². The highest BCUT2D eigenvalue weighted by molar-refractivity contribution is 5.79. The Balaban J connectivity index is 2.53. The summed E-state index contributed by atoms with van der Waals surface area (Å²) in [7, 11) is 0. The summed E-state index contributed by atoms with van der Waals surface area (Å²) in [6, 6.07) is 6.69. The second-order valence-electron chi connectivity index (χ2n) is 4.45. The van der Waals surface area contributed by atoms with Gasteiger partial charge in [0.2, 0.25) is 0 Å². The van der Waals surface area contributed by atoms with Crippen LogP contribution in [0.1, 0.15) is 36.5 Å². The van der Waals surface area contributed by atoms with Gasteiger partial charge in [-0.3, -0.25) is 0 Å². The van der Waals surface area contributed by atoms with Crippen LogP contribution < -0.4 is 0 Å². The zero-order valence-electron chi connectivity index (χ0n) is 9.80. The molecule has 1 aromatic carbocycles. The maximum absolute atomic E-state index is 2.30. The van der Waals surface area contributed by atoms with Gasteiger partial charge in [0, 0.05) is 0 Å². The van der Waals surface area contributed by atoms with E-state index in [1.54, 1.807) is 0 Å². The average Bonchev–Trinajstić information content (AvgIpc) is 2.23. The van der Waals surface area contributed by atoms with E-state index in [9.17, 15) is 0 Å². The molecular formula is C15H18. The van der Waals surface area contributed by atoms with Crippen molar-refractivity contribution in [3.8, 4) is 0 Å². The molecule has 0 fully saturated rings. The van der Waals surface area contributed by atoms with Crippen LogP contribution in [0.5, 0.6) is 0 Å². The zero-order chi connectivity index (χ0) is 10.8. The van der Waals surface area contributed by atoms with Gasteiger partial charge in [-0.05, 0) is 50.3 Å². The second-order valence-corrected chi connectivity index (χ2v) is 4.45. The molecule has 0 unspecified atom stereocenters. The first-order valence-corrected chi connectivity index (χ1v) is 5.62. The third-order valence-corrected chi connectivity index (χ3v) is 3.11. The molecule has 0 aliphatic heterocycles. The maximum Gasteiger partial charge on any atom is -0.0153 e. The smallest absolute Gasteiger partial charge is 0.0153 e. The van der Waals surface area contributed by atoms with Crippen molar-refractivity contribution in [3.63, 3.8) is 0 Å². The van der Waals surface area contributed by atoms with Crippen LogP contribution in [0, 0.1) is 13.8 Å². The summed E-state index contributed by atoms with van der Waals surface area (Å²) >= 11 is 0. The molecule has 0 heteroatoms. The van der Waals surface area contributed by atoms with Crippen LogP contribution in [-0.2, 0) is 0 Å². The first-order chi connectivity index (χ1) is 7.18. The SMILES string of the molecule is CC1=C(c2cc(C)ccc2C)C=CCC1. The number of allylic oxidation sites excluding steroid dienone is 4. The van der Waals surface area contributed by atoms with Crippen molar-refractivity contribution in [3.05, 3.63) is 52.6 Å². The molecule has 2 rings (SSSR count). The number of hydrogen-bond acceptors (Lipinski definition) is 0. The standard InChI is InChI=1S/C15H18/c1-11-8-9-13(3)15(10-11)14-7-5-4-6-12(14)2/h5,7-10H,4,6H2,1-3H3. The zero-order valence-corrected chi connectivity index (χ0v) is 9.80. The van der Waals surface area contributed by atoms with Crippen LogP contribution in [0.3, 0.4) is 0 Å². The minimum Gasteiger partial charge on any atom is -0.0836 e. The molecule has 15 heavy (non-hydrogen) atoms. The lowest BCUT2D eigenvalue weighted by Crippen LogP contribution is -1.94. The maximum atomic E-state index is 2.30. The normalized spacial score (nSPS) is 15.9. The van der Waals surface area contributed by atoms with E-state index in [4.69, 9.17) is 0 Å². The number of aryl methyl sites for hydroxylation is 2. The van der Waals surface area contributed by atoms with Crippen molar-refractivity contribution in [1.29, 1.82) is 0 Å². The van der Waals surface area contributed by atoms with Crippen LogP contribution in [-0.4, -0.2) is 0 Å². The molecule has 0 aromatic heterocycles. The molecule has 78 valence electrons. The van der Waals surface area contributed by atoms with Crippen molar-refractivity contribution in [1.82, 2.24) is 0 Å². The largest absolute Gasteiger partial charge is 0.0836 e. The summed E-state index contributed by atoms with van der Waals surface area (Å²) in [5, 5.41) is 0. The van der Waals surface area contributed by atoms with E-state index in [2.05, 4.69) is 51.1 Å². The van der Waals surface area contributed by atoms with Gasteiger partial charge >= 0.3 is 0 Å². The Bertz CT molecular complexity index is 433. The van der Waals surface area contributed by atoms with Crippen LogP contribution in [0.15, 0.2) is 35.9 Å². The Labute approximate surface area is 92.3 Å². The van der Waals surface area contributed by atoms with Gasteiger partial charge in [-0.2, -0.15) is 0 Å². The molecule has 0 bridgehead atoms. The van der Waals surface area contributed by atoms with Crippen LogP contribution in [0.25, 0.3) is 5.57 Å². The van der Waals surface area contributed by atoms with E-state index >= 15 is 0 Å². The molecule has 0 heterocycles. The summed E-state index contributed by atoms with van der Waals surface area (Å²) in [6.07, 6.45) is 6.96. The second kappa shape index (κ2) is 4.06. The Morgan fingerprint density at radius 1 is 1.07 bits per heavy atom. The molecule has 0 spiro atoms. The molecule has 0 radical (unpaired) electrons. The Morgan fingerprint density at radius 3 is 2.60 bits per heavy atom. The van der Waals surface area contributed by atoms with Crippen molar-refractivity contribution < 1.29 is 0 Å². The third kappa shape index (κ3) is 2.04. The molecule has 1 aliphatic rings. The molecule has 1 aromatic rings. The van der Waals surface area contributed by atoms with Gasteiger partial charge in [-0.1, -0.05) is 41.5 Å². The van der Waals surface area contributed by atoms with E-state index in [1.165, 1.54) is 40.7 Å². The van der Waals surface area contributed by atoms with Gasteiger partial charge in [0.25, 0.3) is 0 Å². The predicted octanol–water partition coefficient (Wildman–Crippen LogP) is 4.43. The van der Waals surface area contributed by atoms with Gasteiger partial charge < -0.3 is 0 Å². The molecule has 0 N–H and O–H groups in total. The van der Waals surface area contributed by atoms with E-state index in [1.807, 2.05) is 0 Å². The van der Waals surface area contributed by atoms with E-state index in [0.717, 1.165) is 0 Å². The van der Waals surface area contributed by atoms with Crippen LogP contribution in [0.4, 0.5) is 0 Å². The Hall–Kier alpha value is -1.30. The molecule has 0 amide bonds. The molecule has 1 aliphatic carbocycles. The fourth-order valence-electron chi connectivity index (χ4n) is 2.12. The molecule has 0 atom stereocenters.